The van der Waals surface area contributed by atoms with Crippen LogP contribution in [-0.4, -0.2) is 26.8 Å². The molecule has 0 aliphatic rings. The normalized spacial score (nSPS) is 11.4. The van der Waals surface area contributed by atoms with Gasteiger partial charge in [0.05, 0.1) is 17.2 Å². The lowest BCUT2D eigenvalue weighted by molar-refractivity contribution is -0.121. The summed E-state index contributed by atoms with van der Waals surface area (Å²) in [5.41, 5.74) is 5.98. The molecule has 1 amide bonds. The number of carbonyl (C=O) groups is 1. The zero-order valence-corrected chi connectivity index (χ0v) is 17.8. The lowest BCUT2D eigenvalue weighted by Gasteiger charge is -2.09. The number of carbonyl (C=O) groups excluding carboxylic acids is 1. The number of hydrogen-bond donors (Lipinski definition) is 2. The number of aromatic hydroxyl groups is 1. The summed E-state index contributed by atoms with van der Waals surface area (Å²) in [4.78, 5) is 17.5. The van der Waals surface area contributed by atoms with E-state index in [0.29, 0.717) is 12.0 Å². The summed E-state index contributed by atoms with van der Waals surface area (Å²) < 4.78 is 1.92. The molecule has 0 radical (unpaired) electrons. The van der Waals surface area contributed by atoms with E-state index in [1.165, 1.54) is 6.21 Å². The lowest BCUT2D eigenvalue weighted by Crippen LogP contribution is -2.24. The van der Waals surface area contributed by atoms with Gasteiger partial charge in [0.15, 0.2) is 0 Å². The second-order valence-corrected chi connectivity index (χ2v) is 7.78. The van der Waals surface area contributed by atoms with Crippen LogP contribution in [0.2, 0.25) is 0 Å². The predicted molar refractivity (Wildman–Crippen MR) is 130 cm³/mol. The number of phenolic OH excluding ortho intramolecular Hbond substituents is 1. The Morgan fingerprint density at radius 2 is 1.70 bits per heavy atom. The number of nitrogens with one attached hydrogen (secondary N) is 1. The average molecular weight is 434 g/mol. The van der Waals surface area contributed by atoms with Crippen LogP contribution >= 0.6 is 0 Å². The van der Waals surface area contributed by atoms with Crippen LogP contribution in [0.3, 0.4) is 0 Å². The van der Waals surface area contributed by atoms with Crippen molar-refractivity contribution in [2.75, 3.05) is 0 Å². The summed E-state index contributed by atoms with van der Waals surface area (Å²) in [5.74, 6) is 0.676. The van der Waals surface area contributed by atoms with E-state index in [0.717, 1.165) is 33.2 Å². The topological polar surface area (TPSA) is 79.5 Å². The molecule has 1 aromatic heterocycles. The fraction of sp³-hybridized carbons (Fsp3) is 0.0741. The number of aromatic nitrogens is 2. The molecule has 0 unspecified atom stereocenters. The molecule has 1 heterocycles. The maximum atomic E-state index is 12.7. The zero-order chi connectivity index (χ0) is 22.6. The minimum absolute atomic E-state index is 0.0870. The first-order valence-corrected chi connectivity index (χ1v) is 10.7. The van der Waals surface area contributed by atoms with Gasteiger partial charge in [0.2, 0.25) is 0 Å². The molecular formula is C27H22N4O2. The average Bonchev–Trinajstić information content (AvgIpc) is 3.18. The van der Waals surface area contributed by atoms with E-state index in [1.807, 2.05) is 89.5 Å². The molecular weight excluding hydrogens is 412 g/mol. The SMILES string of the molecule is O=C(Cn1c(Cc2ccccc2)nc2ccccc21)N/N=C/c1ccc2ccccc2c1O. The number of imidazole rings is 1. The van der Waals surface area contributed by atoms with Crippen molar-refractivity contribution in [1.29, 1.82) is 0 Å². The molecule has 0 saturated heterocycles. The van der Waals surface area contributed by atoms with Crippen molar-refractivity contribution in [3.05, 3.63) is 108 Å². The van der Waals surface area contributed by atoms with E-state index in [4.69, 9.17) is 4.98 Å². The molecule has 162 valence electrons. The fourth-order valence-electron chi connectivity index (χ4n) is 3.94. The molecule has 33 heavy (non-hydrogen) atoms. The predicted octanol–water partition coefficient (Wildman–Crippen LogP) is 4.64. The number of fused-ring (bicyclic) bond motifs is 2. The molecule has 0 saturated carbocycles. The van der Waals surface area contributed by atoms with Crippen LogP contribution in [0, 0.1) is 0 Å². The highest BCUT2D eigenvalue weighted by Crippen LogP contribution is 2.27. The fourth-order valence-corrected chi connectivity index (χ4v) is 3.94. The van der Waals surface area contributed by atoms with Crippen LogP contribution in [0.25, 0.3) is 21.8 Å². The first kappa shape index (κ1) is 20.5. The van der Waals surface area contributed by atoms with Crippen molar-refractivity contribution in [2.24, 2.45) is 5.10 Å². The number of phenols is 1. The van der Waals surface area contributed by atoms with Crippen LogP contribution < -0.4 is 5.43 Å². The van der Waals surface area contributed by atoms with Crippen LogP contribution in [0.4, 0.5) is 0 Å². The summed E-state index contributed by atoms with van der Waals surface area (Å²) in [5, 5.41) is 16.2. The molecule has 0 aliphatic carbocycles. The van der Waals surface area contributed by atoms with Crippen molar-refractivity contribution in [1.82, 2.24) is 15.0 Å². The van der Waals surface area contributed by atoms with Crippen molar-refractivity contribution >= 4 is 33.9 Å². The highest BCUT2D eigenvalue weighted by molar-refractivity contribution is 5.97. The van der Waals surface area contributed by atoms with E-state index in [9.17, 15) is 9.90 Å². The van der Waals surface area contributed by atoms with Crippen molar-refractivity contribution in [3.63, 3.8) is 0 Å². The number of amides is 1. The Balaban J connectivity index is 1.35. The van der Waals surface area contributed by atoms with Gasteiger partial charge in [-0.25, -0.2) is 10.4 Å². The Bertz CT molecular complexity index is 1470. The van der Waals surface area contributed by atoms with Gasteiger partial charge in [-0.3, -0.25) is 4.79 Å². The summed E-state index contributed by atoms with van der Waals surface area (Å²) in [6.07, 6.45) is 2.08. The maximum Gasteiger partial charge on any atom is 0.260 e. The number of rotatable bonds is 6. The third-order valence-electron chi connectivity index (χ3n) is 5.57. The summed E-state index contributed by atoms with van der Waals surface area (Å²) in [6.45, 7) is 0.0870. The second-order valence-electron chi connectivity index (χ2n) is 7.78. The van der Waals surface area contributed by atoms with Gasteiger partial charge in [0.1, 0.15) is 18.1 Å². The van der Waals surface area contributed by atoms with Gasteiger partial charge >= 0.3 is 0 Å². The summed E-state index contributed by atoms with van der Waals surface area (Å²) >= 11 is 0. The van der Waals surface area contributed by atoms with Gasteiger partial charge in [-0.05, 0) is 29.1 Å². The molecule has 5 aromatic rings. The zero-order valence-electron chi connectivity index (χ0n) is 17.8. The molecule has 6 nitrogen and oxygen atoms in total. The van der Waals surface area contributed by atoms with Crippen molar-refractivity contribution < 1.29 is 9.90 Å². The van der Waals surface area contributed by atoms with Crippen LogP contribution in [0.1, 0.15) is 17.0 Å². The second kappa shape index (κ2) is 8.96. The number of hydrogen-bond acceptors (Lipinski definition) is 4. The van der Waals surface area contributed by atoms with E-state index >= 15 is 0 Å². The number of nitrogens with zero attached hydrogens (tertiary/aromatic N) is 3. The van der Waals surface area contributed by atoms with Gasteiger partial charge in [0, 0.05) is 17.4 Å². The molecule has 6 heteroatoms. The highest BCUT2D eigenvalue weighted by Gasteiger charge is 2.14. The first-order valence-electron chi connectivity index (χ1n) is 10.7. The molecule has 0 atom stereocenters. The smallest absolute Gasteiger partial charge is 0.260 e. The number of benzene rings is 4. The van der Waals surface area contributed by atoms with Gasteiger partial charge in [-0.1, -0.05) is 72.8 Å². The monoisotopic (exact) mass is 434 g/mol. The quantitative estimate of drug-likeness (QED) is 0.302. The Hall–Kier alpha value is -4.45. The Kier molecular flexibility index (Phi) is 5.55. The first-order chi connectivity index (χ1) is 16.2. The van der Waals surface area contributed by atoms with Gasteiger partial charge in [-0.15, -0.1) is 0 Å². The molecule has 5 rings (SSSR count). The van der Waals surface area contributed by atoms with Crippen LogP contribution in [0.15, 0.2) is 96.1 Å². The third-order valence-corrected chi connectivity index (χ3v) is 5.57. The summed E-state index contributed by atoms with van der Waals surface area (Å²) in [7, 11) is 0. The maximum absolute atomic E-state index is 12.7. The van der Waals surface area contributed by atoms with Crippen molar-refractivity contribution in [3.8, 4) is 5.75 Å². The van der Waals surface area contributed by atoms with Crippen LogP contribution in [0.5, 0.6) is 5.75 Å². The standard InChI is InChI=1S/C27H22N4O2/c32-26(30-28-17-21-15-14-20-10-4-5-11-22(20)27(21)33)18-31-24-13-7-6-12-23(24)29-25(31)16-19-8-2-1-3-9-19/h1-15,17,33H,16,18H2,(H,30,32)/b28-17+. The minimum Gasteiger partial charge on any atom is -0.507 e. The van der Waals surface area contributed by atoms with E-state index in [1.54, 1.807) is 6.07 Å². The molecule has 0 aliphatic heterocycles. The Labute approximate surface area is 190 Å². The largest absolute Gasteiger partial charge is 0.507 e. The summed E-state index contributed by atoms with van der Waals surface area (Å²) in [6, 6.07) is 29.1. The van der Waals surface area contributed by atoms with Gasteiger partial charge < -0.3 is 9.67 Å². The van der Waals surface area contributed by atoms with Crippen LogP contribution in [-0.2, 0) is 17.8 Å². The molecule has 0 bridgehead atoms. The van der Waals surface area contributed by atoms with Crippen molar-refractivity contribution in [2.45, 2.75) is 13.0 Å². The molecule has 4 aromatic carbocycles. The Morgan fingerprint density at radius 3 is 2.58 bits per heavy atom. The lowest BCUT2D eigenvalue weighted by atomic mass is 10.1. The van der Waals surface area contributed by atoms with Gasteiger partial charge in [0.25, 0.3) is 5.91 Å². The minimum atomic E-state index is -0.274. The number of hydrazone groups is 1. The highest BCUT2D eigenvalue weighted by atomic mass is 16.3. The van der Waals surface area contributed by atoms with E-state index in [-0.39, 0.29) is 18.2 Å². The van der Waals surface area contributed by atoms with E-state index in [2.05, 4.69) is 10.5 Å². The Morgan fingerprint density at radius 1 is 0.939 bits per heavy atom. The van der Waals surface area contributed by atoms with E-state index < -0.39 is 0 Å². The number of para-hydroxylation sites is 2. The molecule has 2 N–H and O–H groups in total. The third kappa shape index (κ3) is 4.32. The molecule has 0 spiro atoms. The van der Waals surface area contributed by atoms with Gasteiger partial charge in [-0.2, -0.15) is 5.10 Å². The molecule has 0 fully saturated rings.